The minimum absolute atomic E-state index is 0.764. The van der Waals surface area contributed by atoms with Crippen molar-refractivity contribution in [3.8, 4) is 0 Å². The number of likely N-dealkylation sites (tertiary alicyclic amines) is 1. The van der Waals surface area contributed by atoms with Crippen LogP contribution in [0.1, 0.15) is 31.9 Å². The maximum Gasteiger partial charge on any atom is 0.0564 e. The lowest BCUT2D eigenvalue weighted by Gasteiger charge is -2.22. The lowest BCUT2D eigenvalue weighted by atomic mass is 10.1. The second-order valence-corrected chi connectivity index (χ2v) is 4.46. The predicted octanol–water partition coefficient (Wildman–Crippen LogP) is 2.50. The highest BCUT2D eigenvalue weighted by molar-refractivity contribution is 5.42. The van der Waals surface area contributed by atoms with Crippen LogP contribution in [0.4, 0.5) is 5.69 Å². The highest BCUT2D eigenvalue weighted by Crippen LogP contribution is 2.22. The van der Waals surface area contributed by atoms with E-state index >= 15 is 0 Å². The summed E-state index contributed by atoms with van der Waals surface area (Å²) in [5.74, 6) is 0. The van der Waals surface area contributed by atoms with Gasteiger partial charge in [0.2, 0.25) is 0 Å². The van der Waals surface area contributed by atoms with Crippen LogP contribution in [-0.2, 0) is 6.54 Å². The quantitative estimate of drug-likeness (QED) is 0.843. The number of anilines is 1. The van der Waals surface area contributed by atoms with Gasteiger partial charge in [0, 0.05) is 31.5 Å². The maximum atomic E-state index is 4.44. The Morgan fingerprint density at radius 2 is 2.44 bits per heavy atom. The van der Waals surface area contributed by atoms with E-state index < -0.39 is 0 Å². The molecule has 0 spiro atoms. The van der Waals surface area contributed by atoms with E-state index in [9.17, 15) is 0 Å². The van der Waals surface area contributed by atoms with Crippen LogP contribution in [0, 0.1) is 0 Å². The number of aromatic nitrogens is 1. The smallest absolute Gasteiger partial charge is 0.0564 e. The first kappa shape index (κ1) is 11.4. The highest BCUT2D eigenvalue weighted by Gasteiger charge is 2.22. The molecule has 3 nitrogen and oxygen atoms in total. The summed E-state index contributed by atoms with van der Waals surface area (Å²) in [7, 11) is 1.95. The van der Waals surface area contributed by atoms with E-state index in [4.69, 9.17) is 0 Å². The van der Waals surface area contributed by atoms with Gasteiger partial charge in [-0.15, -0.1) is 0 Å². The minimum Gasteiger partial charge on any atom is -0.388 e. The van der Waals surface area contributed by atoms with Crippen LogP contribution in [0.2, 0.25) is 0 Å². The van der Waals surface area contributed by atoms with Crippen LogP contribution in [0.3, 0.4) is 0 Å². The SMILES string of the molecule is CCC1CCCN1Cc1cc(NC)ccn1. The Labute approximate surface area is 97.9 Å². The van der Waals surface area contributed by atoms with Crippen molar-refractivity contribution in [2.24, 2.45) is 0 Å². The zero-order valence-electron chi connectivity index (χ0n) is 10.2. The van der Waals surface area contributed by atoms with Crippen LogP contribution in [0.25, 0.3) is 0 Å². The molecule has 2 heterocycles. The van der Waals surface area contributed by atoms with E-state index in [2.05, 4.69) is 28.2 Å². The molecule has 1 fully saturated rings. The van der Waals surface area contributed by atoms with E-state index in [1.54, 1.807) is 0 Å². The average molecular weight is 219 g/mol. The largest absolute Gasteiger partial charge is 0.388 e. The van der Waals surface area contributed by atoms with Gasteiger partial charge in [0.15, 0.2) is 0 Å². The molecule has 0 bridgehead atoms. The molecule has 1 aromatic rings. The number of nitrogens with one attached hydrogen (secondary N) is 1. The molecule has 3 heteroatoms. The molecule has 1 saturated heterocycles. The zero-order valence-corrected chi connectivity index (χ0v) is 10.2. The first-order valence-electron chi connectivity index (χ1n) is 6.20. The summed E-state index contributed by atoms with van der Waals surface area (Å²) >= 11 is 0. The van der Waals surface area contributed by atoms with Gasteiger partial charge in [0.05, 0.1) is 5.69 Å². The number of hydrogen-bond acceptors (Lipinski definition) is 3. The monoisotopic (exact) mass is 219 g/mol. The first-order chi connectivity index (χ1) is 7.83. The summed E-state index contributed by atoms with van der Waals surface area (Å²) in [6.07, 6.45) is 5.83. The summed E-state index contributed by atoms with van der Waals surface area (Å²) in [6.45, 7) is 4.50. The van der Waals surface area contributed by atoms with Crippen molar-refractivity contribution in [3.05, 3.63) is 24.0 Å². The molecule has 2 rings (SSSR count). The fourth-order valence-electron chi connectivity index (χ4n) is 2.49. The molecule has 0 aliphatic carbocycles. The Hall–Kier alpha value is -1.09. The third-order valence-corrected chi connectivity index (χ3v) is 3.44. The van der Waals surface area contributed by atoms with Crippen molar-refractivity contribution in [2.75, 3.05) is 18.9 Å². The molecule has 88 valence electrons. The average Bonchev–Trinajstić information content (AvgIpc) is 2.76. The van der Waals surface area contributed by atoms with E-state index in [1.807, 2.05) is 19.3 Å². The third-order valence-electron chi connectivity index (χ3n) is 3.44. The van der Waals surface area contributed by atoms with Crippen molar-refractivity contribution in [1.82, 2.24) is 9.88 Å². The Morgan fingerprint density at radius 3 is 3.19 bits per heavy atom. The summed E-state index contributed by atoms with van der Waals surface area (Å²) in [5, 5.41) is 3.16. The van der Waals surface area contributed by atoms with Gasteiger partial charge in [-0.2, -0.15) is 0 Å². The normalized spacial score (nSPS) is 21.2. The third kappa shape index (κ3) is 2.53. The Balaban J connectivity index is 2.02. The number of rotatable bonds is 4. The number of nitrogens with zero attached hydrogens (tertiary/aromatic N) is 2. The standard InChI is InChI=1S/C13H21N3/c1-3-13-5-4-8-16(13)10-12-9-11(14-2)6-7-15-12/h6-7,9,13H,3-5,8,10H2,1-2H3,(H,14,15). The minimum atomic E-state index is 0.764. The molecule has 0 radical (unpaired) electrons. The molecular formula is C13H21N3. The summed E-state index contributed by atoms with van der Waals surface area (Å²) < 4.78 is 0. The van der Waals surface area contributed by atoms with Gasteiger partial charge in [-0.1, -0.05) is 6.92 Å². The molecule has 0 saturated carbocycles. The molecule has 1 aliphatic heterocycles. The lowest BCUT2D eigenvalue weighted by Crippen LogP contribution is -2.28. The lowest BCUT2D eigenvalue weighted by molar-refractivity contribution is 0.237. The number of pyridine rings is 1. The van der Waals surface area contributed by atoms with Crippen LogP contribution < -0.4 is 5.32 Å². The highest BCUT2D eigenvalue weighted by atomic mass is 15.2. The molecule has 16 heavy (non-hydrogen) atoms. The van der Waals surface area contributed by atoms with Crippen molar-refractivity contribution in [2.45, 2.75) is 38.8 Å². The van der Waals surface area contributed by atoms with Gasteiger partial charge in [-0.25, -0.2) is 0 Å². The van der Waals surface area contributed by atoms with Gasteiger partial charge < -0.3 is 5.32 Å². The molecule has 1 atom stereocenters. The van der Waals surface area contributed by atoms with Crippen LogP contribution in [-0.4, -0.2) is 29.5 Å². The topological polar surface area (TPSA) is 28.2 Å². The van der Waals surface area contributed by atoms with E-state index in [1.165, 1.54) is 31.5 Å². The maximum absolute atomic E-state index is 4.44. The fraction of sp³-hybridized carbons (Fsp3) is 0.615. The van der Waals surface area contributed by atoms with E-state index in [0.717, 1.165) is 18.3 Å². The first-order valence-corrected chi connectivity index (χ1v) is 6.20. The Morgan fingerprint density at radius 1 is 1.56 bits per heavy atom. The molecule has 1 aromatic heterocycles. The van der Waals surface area contributed by atoms with Gasteiger partial charge in [-0.05, 0) is 37.9 Å². The molecule has 1 aliphatic rings. The van der Waals surface area contributed by atoms with Crippen LogP contribution in [0.15, 0.2) is 18.3 Å². The zero-order chi connectivity index (χ0) is 11.4. The van der Waals surface area contributed by atoms with Gasteiger partial charge in [-0.3, -0.25) is 9.88 Å². The van der Waals surface area contributed by atoms with Crippen LogP contribution >= 0.6 is 0 Å². The molecule has 1 unspecified atom stereocenters. The molecule has 0 amide bonds. The van der Waals surface area contributed by atoms with Crippen molar-refractivity contribution in [3.63, 3.8) is 0 Å². The molecule has 1 N–H and O–H groups in total. The van der Waals surface area contributed by atoms with Crippen molar-refractivity contribution >= 4 is 5.69 Å². The second-order valence-electron chi connectivity index (χ2n) is 4.46. The van der Waals surface area contributed by atoms with Crippen molar-refractivity contribution < 1.29 is 0 Å². The van der Waals surface area contributed by atoms with E-state index in [0.29, 0.717) is 0 Å². The second kappa shape index (κ2) is 5.30. The Bertz CT molecular complexity index is 338. The fourth-order valence-corrected chi connectivity index (χ4v) is 2.49. The Kier molecular flexibility index (Phi) is 3.78. The van der Waals surface area contributed by atoms with Crippen LogP contribution in [0.5, 0.6) is 0 Å². The molecule has 0 aromatic carbocycles. The predicted molar refractivity (Wildman–Crippen MR) is 67.5 cm³/mol. The molecular weight excluding hydrogens is 198 g/mol. The summed E-state index contributed by atoms with van der Waals surface area (Å²) in [6, 6.07) is 4.91. The van der Waals surface area contributed by atoms with Gasteiger partial charge in [0.25, 0.3) is 0 Å². The summed E-state index contributed by atoms with van der Waals surface area (Å²) in [5.41, 5.74) is 2.32. The number of hydrogen-bond donors (Lipinski definition) is 1. The van der Waals surface area contributed by atoms with E-state index in [-0.39, 0.29) is 0 Å². The van der Waals surface area contributed by atoms with Crippen molar-refractivity contribution in [1.29, 1.82) is 0 Å². The summed E-state index contributed by atoms with van der Waals surface area (Å²) in [4.78, 5) is 7.00. The van der Waals surface area contributed by atoms with Gasteiger partial charge >= 0.3 is 0 Å². The van der Waals surface area contributed by atoms with Gasteiger partial charge in [0.1, 0.15) is 0 Å².